The molecule has 0 saturated carbocycles. The second kappa shape index (κ2) is 17.4. The van der Waals surface area contributed by atoms with E-state index in [-0.39, 0.29) is 24.9 Å². The zero-order valence-electron chi connectivity index (χ0n) is 26.7. The van der Waals surface area contributed by atoms with E-state index in [0.29, 0.717) is 48.9 Å². The van der Waals surface area contributed by atoms with Crippen LogP contribution in [0.2, 0.25) is 0 Å². The van der Waals surface area contributed by atoms with Crippen molar-refractivity contribution in [1.82, 2.24) is 25.0 Å². The molecule has 0 spiro atoms. The number of carbonyl (C=O) groups is 4. The molecule has 1 aromatic carbocycles. The van der Waals surface area contributed by atoms with Crippen LogP contribution in [0.3, 0.4) is 0 Å². The van der Waals surface area contributed by atoms with Gasteiger partial charge in [0.05, 0.1) is 12.4 Å². The van der Waals surface area contributed by atoms with Gasteiger partial charge in [-0.15, -0.1) is 23.5 Å². The molecule has 4 N–H and O–H groups in total. The van der Waals surface area contributed by atoms with E-state index in [1.165, 1.54) is 0 Å². The van der Waals surface area contributed by atoms with Gasteiger partial charge in [0.1, 0.15) is 17.4 Å². The maximum Gasteiger partial charge on any atom is 0.415 e. The maximum atomic E-state index is 13.3. The van der Waals surface area contributed by atoms with Crippen LogP contribution in [0.4, 0.5) is 9.59 Å². The first-order valence-corrected chi connectivity index (χ1v) is 16.9. The van der Waals surface area contributed by atoms with E-state index >= 15 is 0 Å². The molecule has 1 aromatic heterocycles. The summed E-state index contributed by atoms with van der Waals surface area (Å²) < 4.78 is 11.2. The Morgan fingerprint density at radius 2 is 1.69 bits per heavy atom. The van der Waals surface area contributed by atoms with E-state index in [9.17, 15) is 19.2 Å². The summed E-state index contributed by atoms with van der Waals surface area (Å²) in [6, 6.07) is 9.48. The quantitative estimate of drug-likeness (QED) is 0.186. The third-order valence-electron chi connectivity index (χ3n) is 6.49. The number of carbonyl (C=O) groups excluding carboxylic acids is 4. The van der Waals surface area contributed by atoms with Crippen LogP contribution >= 0.6 is 23.5 Å². The number of hydrogen-bond donors (Lipinski definition) is 2. The van der Waals surface area contributed by atoms with Gasteiger partial charge in [-0.25, -0.2) is 14.4 Å². The molecule has 4 amide bonds. The van der Waals surface area contributed by atoms with Crippen LogP contribution in [0.15, 0.2) is 53.7 Å². The number of ether oxygens (including phenoxy) is 2. The zero-order valence-corrected chi connectivity index (χ0v) is 28.3. The van der Waals surface area contributed by atoms with Crippen LogP contribution in [0.25, 0.3) is 0 Å². The maximum absolute atomic E-state index is 13.3. The smallest absolute Gasteiger partial charge is 0.415 e. The summed E-state index contributed by atoms with van der Waals surface area (Å²) in [6.45, 7) is 11.2. The highest BCUT2D eigenvalue weighted by atomic mass is 32.2. The third-order valence-corrected chi connectivity index (χ3v) is 8.74. The molecule has 2 aromatic rings. The summed E-state index contributed by atoms with van der Waals surface area (Å²) in [5, 5.41) is 3.29. The summed E-state index contributed by atoms with van der Waals surface area (Å²) >= 11 is 3.33. The van der Waals surface area contributed by atoms with Gasteiger partial charge in [-0.2, -0.15) is 0 Å². The number of piperazine rings is 1. The molecule has 0 radical (unpaired) electrons. The van der Waals surface area contributed by atoms with Gasteiger partial charge in [0.15, 0.2) is 0 Å². The highest BCUT2D eigenvalue weighted by molar-refractivity contribution is 8.00. The molecular weight excluding hydrogens is 617 g/mol. The number of aromatic nitrogens is 1. The second-order valence-corrected chi connectivity index (χ2v) is 14.4. The number of esters is 1. The Labute approximate surface area is 273 Å². The number of thioether (sulfide) groups is 2. The molecule has 14 heteroatoms. The van der Waals surface area contributed by atoms with Crippen LogP contribution in [0.1, 0.15) is 40.2 Å². The number of urea groups is 1. The van der Waals surface area contributed by atoms with Crippen molar-refractivity contribution in [2.45, 2.75) is 62.8 Å². The number of benzene rings is 1. The molecule has 0 aliphatic carbocycles. The van der Waals surface area contributed by atoms with Crippen molar-refractivity contribution >= 4 is 47.5 Å². The largest absolute Gasteiger partial charge is 0.458 e. The number of quaternary nitrogens is 1. The van der Waals surface area contributed by atoms with E-state index < -0.39 is 23.7 Å². The molecule has 1 aliphatic rings. The predicted molar refractivity (Wildman–Crippen MR) is 175 cm³/mol. The number of amides is 4. The molecule has 1 atom stereocenters. The third kappa shape index (κ3) is 13.3. The van der Waals surface area contributed by atoms with Crippen LogP contribution in [0.5, 0.6) is 5.75 Å². The topological polar surface area (TPSA) is 149 Å². The van der Waals surface area contributed by atoms with Crippen LogP contribution in [-0.4, -0.2) is 105 Å². The summed E-state index contributed by atoms with van der Waals surface area (Å²) in [4.78, 5) is 60.9. The number of pyridine rings is 1. The van der Waals surface area contributed by atoms with Crippen molar-refractivity contribution in [2.24, 2.45) is 0 Å². The minimum absolute atomic E-state index is 0.109. The summed E-state index contributed by atoms with van der Waals surface area (Å²) in [5.74, 6) is 0.771. The Morgan fingerprint density at radius 1 is 1.02 bits per heavy atom. The van der Waals surface area contributed by atoms with Crippen molar-refractivity contribution in [3.63, 3.8) is 0 Å². The highest BCUT2D eigenvalue weighted by Gasteiger charge is 2.28. The number of rotatable bonds is 13. The van der Waals surface area contributed by atoms with Crippen molar-refractivity contribution in [3.05, 3.63) is 54.4 Å². The van der Waals surface area contributed by atoms with Crippen LogP contribution in [-0.2, 0) is 20.7 Å². The van der Waals surface area contributed by atoms with Crippen molar-refractivity contribution in [1.29, 1.82) is 0 Å². The lowest BCUT2D eigenvalue weighted by molar-refractivity contribution is -0.266. The normalized spacial score (nSPS) is 14.3. The molecule has 1 unspecified atom stereocenters. The van der Waals surface area contributed by atoms with Gasteiger partial charge >= 0.3 is 18.1 Å². The molecule has 2 heterocycles. The number of hydrogen-bond acceptors (Lipinski definition) is 10. The first-order valence-electron chi connectivity index (χ1n) is 14.8. The number of nitrogens with one attached hydrogen (secondary N) is 1. The minimum atomic E-state index is -0.914. The Balaban J connectivity index is 1.63. The van der Waals surface area contributed by atoms with Gasteiger partial charge in [-0.05, 0) is 50.6 Å². The van der Waals surface area contributed by atoms with Crippen LogP contribution < -0.4 is 15.8 Å². The molecule has 12 nitrogen and oxygen atoms in total. The predicted octanol–water partition coefficient (Wildman–Crippen LogP) is 3.08. The second-order valence-electron chi connectivity index (χ2n) is 11.9. The summed E-state index contributed by atoms with van der Waals surface area (Å²) in [6.07, 6.45) is 3.21. The lowest BCUT2D eigenvalue weighted by Gasteiger charge is -2.31. The van der Waals surface area contributed by atoms with Gasteiger partial charge in [-0.1, -0.05) is 26.0 Å². The van der Waals surface area contributed by atoms with E-state index in [1.807, 2.05) is 17.0 Å². The Morgan fingerprint density at radius 3 is 2.27 bits per heavy atom. The molecule has 246 valence electrons. The van der Waals surface area contributed by atoms with Gasteiger partial charge in [0, 0.05) is 61.0 Å². The SMILES string of the molecule is CC(C)SCN(CSc1cccnc1)CC(=O)NC(Cc1ccc(OC(=O)N2CCN(C([NH3+])=O)CC2)cc1)C(=O)OC(C)(C)C. The molecule has 45 heavy (non-hydrogen) atoms. The van der Waals surface area contributed by atoms with Crippen LogP contribution in [0, 0.1) is 0 Å². The first-order chi connectivity index (χ1) is 21.3. The minimum Gasteiger partial charge on any atom is -0.458 e. The molecular formula is C31H45N6O6S2+. The van der Waals surface area contributed by atoms with Gasteiger partial charge in [0.2, 0.25) is 5.91 Å². The molecule has 1 saturated heterocycles. The zero-order chi connectivity index (χ0) is 33.0. The fraction of sp³-hybridized carbons (Fsp3) is 0.516. The van der Waals surface area contributed by atoms with Gasteiger partial charge in [-0.3, -0.25) is 25.3 Å². The van der Waals surface area contributed by atoms with Crippen molar-refractivity contribution < 1.29 is 34.4 Å². The summed E-state index contributed by atoms with van der Waals surface area (Å²) in [5.41, 5.74) is 3.44. The lowest BCUT2D eigenvalue weighted by atomic mass is 10.1. The average Bonchev–Trinajstić information content (AvgIpc) is 2.98. The average molecular weight is 662 g/mol. The van der Waals surface area contributed by atoms with Crippen molar-refractivity contribution in [3.8, 4) is 5.75 Å². The summed E-state index contributed by atoms with van der Waals surface area (Å²) in [7, 11) is 0. The fourth-order valence-corrected chi connectivity index (χ4v) is 5.86. The van der Waals surface area contributed by atoms with Gasteiger partial charge in [0.25, 0.3) is 0 Å². The Hall–Kier alpha value is -3.33. The lowest BCUT2D eigenvalue weighted by Crippen LogP contribution is -2.67. The van der Waals surface area contributed by atoms with Crippen molar-refractivity contribution in [2.75, 3.05) is 44.5 Å². The molecule has 1 aliphatic heterocycles. The van der Waals surface area contributed by atoms with E-state index in [1.54, 1.807) is 90.8 Å². The monoisotopic (exact) mass is 661 g/mol. The van der Waals surface area contributed by atoms with E-state index in [2.05, 4.69) is 29.9 Å². The number of nitrogens with zero attached hydrogens (tertiary/aromatic N) is 4. The Bertz CT molecular complexity index is 1270. The molecule has 0 bridgehead atoms. The first kappa shape index (κ1) is 36.1. The molecule has 1 fully saturated rings. The van der Waals surface area contributed by atoms with Gasteiger partial charge < -0.3 is 19.7 Å². The van der Waals surface area contributed by atoms with E-state index in [4.69, 9.17) is 9.47 Å². The highest BCUT2D eigenvalue weighted by Crippen LogP contribution is 2.21. The standard InChI is InChI=1S/C31H44N6O6S2/c1-22(2)44-20-35(21-45-25-7-6-12-33-18-25)19-27(38)34-26(28(39)43-31(3,4)5)17-23-8-10-24(11-9-23)42-30(41)37-15-13-36(14-16-37)29(32)40/h6-12,18,22,26H,13-17,19-21H2,1-5H3,(H2,32,40)(H,34,38)/p+1. The molecule has 3 rings (SSSR count). The fourth-order valence-electron chi connectivity index (χ4n) is 4.22. The Kier molecular flexibility index (Phi) is 14.0. The van der Waals surface area contributed by atoms with E-state index in [0.717, 1.165) is 10.5 Å².